The highest BCUT2D eigenvalue weighted by Crippen LogP contribution is 2.36. The zero-order valence-electron chi connectivity index (χ0n) is 12.5. The van der Waals surface area contributed by atoms with Crippen molar-refractivity contribution >= 4 is 11.6 Å². The molecule has 5 nitrogen and oxygen atoms in total. The van der Waals surface area contributed by atoms with Crippen LogP contribution in [0.25, 0.3) is 0 Å². The summed E-state index contributed by atoms with van der Waals surface area (Å²) in [5.74, 6) is 1.62. The van der Waals surface area contributed by atoms with Gasteiger partial charge < -0.3 is 20.1 Å². The van der Waals surface area contributed by atoms with Crippen molar-refractivity contribution in [2.45, 2.75) is 33.2 Å². The Bertz CT molecular complexity index is 514. The Morgan fingerprint density at radius 2 is 1.90 bits per heavy atom. The number of rotatable bonds is 4. The third-order valence-corrected chi connectivity index (χ3v) is 3.57. The molecule has 0 saturated carbocycles. The van der Waals surface area contributed by atoms with Gasteiger partial charge in [0.25, 0.3) is 5.91 Å². The maximum absolute atomic E-state index is 12.5. The molecule has 5 heteroatoms. The van der Waals surface area contributed by atoms with E-state index >= 15 is 0 Å². The Kier molecular flexibility index (Phi) is 4.06. The van der Waals surface area contributed by atoms with E-state index in [9.17, 15) is 4.79 Å². The highest BCUT2D eigenvalue weighted by Gasteiger charge is 2.24. The predicted molar refractivity (Wildman–Crippen MR) is 78.0 cm³/mol. The monoisotopic (exact) mass is 278 g/mol. The second-order valence-electron chi connectivity index (χ2n) is 5.69. The summed E-state index contributed by atoms with van der Waals surface area (Å²) >= 11 is 0. The van der Waals surface area contributed by atoms with E-state index in [0.717, 1.165) is 6.42 Å². The van der Waals surface area contributed by atoms with Crippen molar-refractivity contribution in [1.82, 2.24) is 4.90 Å². The lowest BCUT2D eigenvalue weighted by molar-refractivity contribution is 0.0729. The largest absolute Gasteiger partial charge is 0.454 e. The van der Waals surface area contributed by atoms with Gasteiger partial charge in [0, 0.05) is 24.8 Å². The molecule has 1 heterocycles. The summed E-state index contributed by atoms with van der Waals surface area (Å²) in [6, 6.07) is 3.47. The van der Waals surface area contributed by atoms with Gasteiger partial charge in [0.1, 0.15) is 0 Å². The van der Waals surface area contributed by atoms with Crippen LogP contribution in [0, 0.1) is 5.92 Å². The molecule has 0 aromatic heterocycles. The molecule has 1 unspecified atom stereocenters. The Hall–Kier alpha value is -1.91. The van der Waals surface area contributed by atoms with E-state index in [-0.39, 0.29) is 18.7 Å². The Balaban J connectivity index is 2.20. The van der Waals surface area contributed by atoms with Crippen molar-refractivity contribution in [3.63, 3.8) is 0 Å². The van der Waals surface area contributed by atoms with E-state index in [1.807, 2.05) is 6.92 Å². The lowest BCUT2D eigenvalue weighted by atomic mass is 10.0. The molecule has 0 bridgehead atoms. The molecule has 2 N–H and O–H groups in total. The molecule has 1 aromatic rings. The molecular formula is C15H22N2O3. The van der Waals surface area contributed by atoms with Gasteiger partial charge in [-0.3, -0.25) is 4.79 Å². The van der Waals surface area contributed by atoms with E-state index in [2.05, 4.69) is 13.8 Å². The van der Waals surface area contributed by atoms with Crippen LogP contribution in [-0.4, -0.2) is 30.7 Å². The first kappa shape index (κ1) is 14.5. The van der Waals surface area contributed by atoms with Crippen molar-refractivity contribution in [1.29, 1.82) is 0 Å². The molecule has 1 aliphatic rings. The van der Waals surface area contributed by atoms with Crippen LogP contribution in [0.15, 0.2) is 12.1 Å². The first-order chi connectivity index (χ1) is 9.40. The highest BCUT2D eigenvalue weighted by atomic mass is 16.7. The third kappa shape index (κ3) is 2.81. The van der Waals surface area contributed by atoms with Gasteiger partial charge in [-0.25, -0.2) is 0 Å². The van der Waals surface area contributed by atoms with Crippen LogP contribution in [0.1, 0.15) is 37.6 Å². The summed E-state index contributed by atoms with van der Waals surface area (Å²) in [4.78, 5) is 14.3. The summed E-state index contributed by atoms with van der Waals surface area (Å²) in [6.07, 6.45) is 0.951. The number of nitrogens with zero attached hydrogens (tertiary/aromatic N) is 1. The van der Waals surface area contributed by atoms with Crippen LogP contribution in [0.2, 0.25) is 0 Å². The van der Waals surface area contributed by atoms with Gasteiger partial charge >= 0.3 is 0 Å². The van der Waals surface area contributed by atoms with Gasteiger partial charge in [-0.05, 0) is 25.3 Å². The van der Waals surface area contributed by atoms with Gasteiger partial charge in [0.2, 0.25) is 6.79 Å². The number of fused-ring (bicyclic) bond motifs is 1. The predicted octanol–water partition coefficient (Wildman–Crippen LogP) is 2.50. The number of carbonyl (C=O) groups is 1. The minimum atomic E-state index is -0.0889. The number of carbonyl (C=O) groups excluding carboxylic acids is 1. The fourth-order valence-electron chi connectivity index (χ4n) is 2.37. The van der Waals surface area contributed by atoms with Crippen LogP contribution in [0.4, 0.5) is 5.69 Å². The van der Waals surface area contributed by atoms with Gasteiger partial charge in [0.15, 0.2) is 11.5 Å². The van der Waals surface area contributed by atoms with E-state index in [4.69, 9.17) is 15.2 Å². The molecular weight excluding hydrogens is 256 g/mol. The zero-order chi connectivity index (χ0) is 14.9. The lowest BCUT2D eigenvalue weighted by Gasteiger charge is -2.27. The number of benzene rings is 1. The maximum atomic E-state index is 12.5. The first-order valence-corrected chi connectivity index (χ1v) is 6.86. The van der Waals surface area contributed by atoms with Gasteiger partial charge in [-0.1, -0.05) is 13.8 Å². The number of nitrogens with two attached hydrogens (primary N) is 1. The fraction of sp³-hybridized carbons (Fsp3) is 0.533. The summed E-state index contributed by atoms with van der Waals surface area (Å²) < 4.78 is 10.5. The van der Waals surface area contributed by atoms with Crippen LogP contribution in [0.3, 0.4) is 0 Å². The second-order valence-corrected chi connectivity index (χ2v) is 5.69. The highest BCUT2D eigenvalue weighted by molar-refractivity contribution is 6.00. The quantitative estimate of drug-likeness (QED) is 0.859. The molecule has 1 atom stereocenters. The number of anilines is 1. The van der Waals surface area contributed by atoms with Crippen LogP contribution < -0.4 is 15.2 Å². The van der Waals surface area contributed by atoms with Crippen LogP contribution >= 0.6 is 0 Å². The summed E-state index contributed by atoms with van der Waals surface area (Å²) in [5, 5.41) is 0. The molecule has 0 aliphatic carbocycles. The minimum Gasteiger partial charge on any atom is -0.454 e. The topological polar surface area (TPSA) is 64.8 Å². The molecule has 110 valence electrons. The van der Waals surface area contributed by atoms with Crippen molar-refractivity contribution in [2.75, 3.05) is 19.6 Å². The normalized spacial score (nSPS) is 14.4. The molecule has 0 saturated heterocycles. The summed E-state index contributed by atoms with van der Waals surface area (Å²) in [5.41, 5.74) is 6.84. The molecule has 2 rings (SSSR count). The third-order valence-electron chi connectivity index (χ3n) is 3.57. The van der Waals surface area contributed by atoms with Crippen molar-refractivity contribution in [3.05, 3.63) is 17.7 Å². The Labute approximate surface area is 119 Å². The van der Waals surface area contributed by atoms with Gasteiger partial charge in [-0.2, -0.15) is 0 Å². The van der Waals surface area contributed by atoms with Crippen LogP contribution in [0.5, 0.6) is 11.5 Å². The number of ether oxygens (including phenoxy) is 2. The number of nitrogen functional groups attached to an aromatic ring is 1. The second kappa shape index (κ2) is 5.61. The standard InChI is InChI=1S/C15H22N2O3/c1-9(2)5-10(3)17(4)15(18)11-6-13-14(7-12(11)16)20-8-19-13/h6-7,9-10H,5,8,16H2,1-4H3. The average Bonchev–Trinajstić information content (AvgIpc) is 2.82. The molecule has 1 amide bonds. The van der Waals surface area contributed by atoms with E-state index in [1.54, 1.807) is 24.1 Å². The molecule has 0 radical (unpaired) electrons. The average molecular weight is 278 g/mol. The lowest BCUT2D eigenvalue weighted by Crippen LogP contribution is -2.36. The molecule has 0 spiro atoms. The Morgan fingerprint density at radius 1 is 1.30 bits per heavy atom. The Morgan fingerprint density at radius 3 is 2.50 bits per heavy atom. The zero-order valence-corrected chi connectivity index (χ0v) is 12.5. The minimum absolute atomic E-state index is 0.0889. The van der Waals surface area contributed by atoms with Gasteiger partial charge in [-0.15, -0.1) is 0 Å². The smallest absolute Gasteiger partial charge is 0.256 e. The SMILES string of the molecule is CC(C)CC(C)N(C)C(=O)c1cc2c(cc1N)OCO2. The van der Waals surface area contributed by atoms with E-state index in [0.29, 0.717) is 28.7 Å². The molecule has 1 aromatic carbocycles. The molecule has 0 fully saturated rings. The number of hydrogen-bond acceptors (Lipinski definition) is 4. The van der Waals surface area contributed by atoms with Crippen molar-refractivity contribution < 1.29 is 14.3 Å². The maximum Gasteiger partial charge on any atom is 0.256 e. The molecule has 1 aliphatic heterocycles. The van der Waals surface area contributed by atoms with Crippen molar-refractivity contribution in [2.24, 2.45) is 5.92 Å². The van der Waals surface area contributed by atoms with Gasteiger partial charge in [0.05, 0.1) is 5.56 Å². The fourth-order valence-corrected chi connectivity index (χ4v) is 2.37. The number of amides is 1. The van der Waals surface area contributed by atoms with Crippen LogP contribution in [-0.2, 0) is 0 Å². The summed E-state index contributed by atoms with van der Waals surface area (Å²) in [7, 11) is 1.80. The van der Waals surface area contributed by atoms with E-state index in [1.165, 1.54) is 0 Å². The summed E-state index contributed by atoms with van der Waals surface area (Å²) in [6.45, 7) is 6.50. The number of hydrogen-bond donors (Lipinski definition) is 1. The van der Waals surface area contributed by atoms with E-state index < -0.39 is 0 Å². The molecule has 20 heavy (non-hydrogen) atoms. The first-order valence-electron chi connectivity index (χ1n) is 6.86. The van der Waals surface area contributed by atoms with Crippen molar-refractivity contribution in [3.8, 4) is 11.5 Å².